The van der Waals surface area contributed by atoms with Gasteiger partial charge in [-0.05, 0) is 87.6 Å². The van der Waals surface area contributed by atoms with Crippen molar-refractivity contribution in [2.75, 3.05) is 18.1 Å². The molecule has 12 nitrogen and oxygen atoms in total. The Kier molecular flexibility index (Phi) is 19.8. The minimum absolute atomic E-state index is 0.0306. The minimum atomic E-state index is -1.09. The zero-order chi connectivity index (χ0) is 43.6. The molecule has 4 rings (SSSR count). The van der Waals surface area contributed by atoms with Gasteiger partial charge in [-0.2, -0.15) is 0 Å². The largest absolute Gasteiger partial charge is 0.445 e. The summed E-state index contributed by atoms with van der Waals surface area (Å²) in [6.07, 6.45) is 2.95. The van der Waals surface area contributed by atoms with Crippen molar-refractivity contribution in [2.45, 2.75) is 149 Å². The average Bonchev–Trinajstić information content (AvgIpc) is 3.23. The number of hydrogen-bond acceptors (Lipinski definition) is 8. The number of carbonyl (C=O) groups is 4. The van der Waals surface area contributed by atoms with Crippen LogP contribution in [0.15, 0.2) is 72.8 Å². The van der Waals surface area contributed by atoms with Crippen molar-refractivity contribution in [3.05, 3.63) is 78.4 Å². The monoisotopic (exact) mass is 831 g/mol. The molecule has 4 N–H and O–H groups in total. The van der Waals surface area contributed by atoms with Crippen LogP contribution < -0.4 is 20.9 Å². The summed E-state index contributed by atoms with van der Waals surface area (Å²) in [4.78, 5) is 57.8. The topological polar surface area (TPSA) is 156 Å². The fourth-order valence-corrected chi connectivity index (χ4v) is 7.69. The third-order valence-electron chi connectivity index (χ3n) is 10.9. The van der Waals surface area contributed by atoms with E-state index >= 15 is 0 Å². The van der Waals surface area contributed by atoms with Gasteiger partial charge in [0.25, 0.3) is 0 Å². The number of aliphatic hydroxyl groups excluding tert-OH is 1. The highest BCUT2D eigenvalue weighted by Crippen LogP contribution is 2.31. The van der Waals surface area contributed by atoms with Crippen molar-refractivity contribution in [3.8, 4) is 0 Å². The van der Waals surface area contributed by atoms with Gasteiger partial charge in [0.1, 0.15) is 18.7 Å². The molecule has 330 valence electrons. The predicted molar refractivity (Wildman–Crippen MR) is 236 cm³/mol. The molecule has 0 aliphatic carbocycles. The summed E-state index contributed by atoms with van der Waals surface area (Å²) < 4.78 is 17.5. The van der Waals surface area contributed by atoms with Crippen LogP contribution in [0, 0.1) is 17.8 Å². The van der Waals surface area contributed by atoms with Crippen LogP contribution >= 0.6 is 0 Å². The van der Waals surface area contributed by atoms with E-state index in [4.69, 9.17) is 14.2 Å². The lowest BCUT2D eigenvalue weighted by Gasteiger charge is -2.36. The molecule has 4 amide bonds. The molecule has 1 aliphatic rings. The summed E-state index contributed by atoms with van der Waals surface area (Å²) in [6.45, 7) is 14.8. The highest BCUT2D eigenvalue weighted by atomic mass is 16.7. The van der Waals surface area contributed by atoms with Crippen LogP contribution in [0.5, 0.6) is 0 Å². The standard InChI is InChI=1S/C48H70N4O8/c1-8-9-23-42(52(41-24-17-21-37-20-13-14-22-39(37)41)47(56)35(7)50-48(57)59-31-36-18-11-10-12-19-36)46(55)51-40(27-32(2)3)43(53)29-38(45(54)49-30-33(4)5)28-34(6)60-44-25-15-16-26-58-44/h10-14,17-22,24,32-35,38,40,42-44,53H,8-9,15-16,23,25-31H2,1-7H3,(H,49,54)(H,50,57)(H,51,55)/t34?,35-,38?,40-,42-,43-,44?/m0/s1. The van der Waals surface area contributed by atoms with Crippen LogP contribution in [0.4, 0.5) is 10.5 Å². The minimum Gasteiger partial charge on any atom is -0.445 e. The highest BCUT2D eigenvalue weighted by molar-refractivity contribution is 6.09. The Morgan fingerprint density at radius 1 is 0.833 bits per heavy atom. The maximum atomic E-state index is 14.9. The second kappa shape index (κ2) is 24.7. The second-order valence-electron chi connectivity index (χ2n) is 17.2. The number of amides is 4. The Morgan fingerprint density at radius 2 is 1.55 bits per heavy atom. The van der Waals surface area contributed by atoms with Gasteiger partial charge in [0, 0.05) is 24.5 Å². The van der Waals surface area contributed by atoms with Crippen molar-refractivity contribution in [3.63, 3.8) is 0 Å². The zero-order valence-electron chi connectivity index (χ0n) is 36.9. The van der Waals surface area contributed by atoms with E-state index in [1.54, 1.807) is 6.92 Å². The van der Waals surface area contributed by atoms with Gasteiger partial charge in [-0.1, -0.05) is 114 Å². The first-order valence-electron chi connectivity index (χ1n) is 22.1. The molecule has 3 aromatic carbocycles. The van der Waals surface area contributed by atoms with Crippen LogP contribution in [0.1, 0.15) is 112 Å². The Labute approximate surface area is 357 Å². The van der Waals surface area contributed by atoms with Crippen molar-refractivity contribution < 1.29 is 38.5 Å². The second-order valence-corrected chi connectivity index (χ2v) is 17.2. The predicted octanol–water partition coefficient (Wildman–Crippen LogP) is 8.04. The molecule has 12 heteroatoms. The molecule has 7 atom stereocenters. The van der Waals surface area contributed by atoms with E-state index in [1.807, 2.05) is 114 Å². The molecule has 0 aromatic heterocycles. The van der Waals surface area contributed by atoms with E-state index in [2.05, 4.69) is 16.0 Å². The van der Waals surface area contributed by atoms with Gasteiger partial charge in [0.15, 0.2) is 6.29 Å². The number of rotatable bonds is 23. The SMILES string of the molecule is CCCC[C@@H](C(=O)N[C@@H](CC(C)C)[C@@H](O)CC(CC(C)OC1CCCCO1)C(=O)NCC(C)C)N(C(=O)[C@H](C)NC(=O)OCc1ccccc1)c1cccc2ccccc12. The van der Waals surface area contributed by atoms with E-state index in [0.29, 0.717) is 44.5 Å². The summed E-state index contributed by atoms with van der Waals surface area (Å²) in [7, 11) is 0. The summed E-state index contributed by atoms with van der Waals surface area (Å²) in [5, 5.41) is 22.6. The van der Waals surface area contributed by atoms with E-state index in [1.165, 1.54) is 4.90 Å². The van der Waals surface area contributed by atoms with Gasteiger partial charge >= 0.3 is 6.09 Å². The van der Waals surface area contributed by atoms with Crippen LogP contribution in [-0.2, 0) is 35.2 Å². The lowest BCUT2D eigenvalue weighted by molar-refractivity contribution is -0.188. The quantitative estimate of drug-likeness (QED) is 0.0749. The Balaban J connectivity index is 1.62. The van der Waals surface area contributed by atoms with Gasteiger partial charge in [0.05, 0.1) is 23.9 Å². The molecule has 0 radical (unpaired) electrons. The number of ether oxygens (including phenoxy) is 3. The summed E-state index contributed by atoms with van der Waals surface area (Å²) >= 11 is 0. The van der Waals surface area contributed by atoms with Crippen LogP contribution in [0.3, 0.4) is 0 Å². The smallest absolute Gasteiger partial charge is 0.408 e. The fraction of sp³-hybridized carbons (Fsp3) is 0.583. The Hall–Kier alpha value is -4.52. The number of carbonyl (C=O) groups excluding carboxylic acids is 4. The summed E-state index contributed by atoms with van der Waals surface area (Å²) in [5.41, 5.74) is 1.33. The van der Waals surface area contributed by atoms with Crippen LogP contribution in [0.2, 0.25) is 0 Å². The summed E-state index contributed by atoms with van der Waals surface area (Å²) in [6, 6.07) is 19.7. The van der Waals surface area contributed by atoms with Crippen LogP contribution in [-0.4, -0.2) is 78.7 Å². The lowest BCUT2D eigenvalue weighted by Crippen LogP contribution is -2.58. The number of aliphatic hydroxyl groups is 1. The van der Waals surface area contributed by atoms with Gasteiger partial charge in [-0.25, -0.2) is 4.79 Å². The van der Waals surface area contributed by atoms with Gasteiger partial charge in [0.2, 0.25) is 17.7 Å². The molecule has 1 aliphatic heterocycles. The van der Waals surface area contributed by atoms with Crippen LogP contribution in [0.25, 0.3) is 10.8 Å². The van der Waals surface area contributed by atoms with Crippen molar-refractivity contribution in [1.29, 1.82) is 0 Å². The molecule has 1 fully saturated rings. The molecule has 0 bridgehead atoms. The maximum absolute atomic E-state index is 14.9. The molecule has 60 heavy (non-hydrogen) atoms. The first-order chi connectivity index (χ1) is 28.8. The van der Waals surface area contributed by atoms with E-state index < -0.39 is 48.1 Å². The highest BCUT2D eigenvalue weighted by Gasteiger charge is 2.38. The molecule has 1 saturated heterocycles. The maximum Gasteiger partial charge on any atom is 0.408 e. The Morgan fingerprint density at radius 3 is 2.23 bits per heavy atom. The molecular weight excluding hydrogens is 761 g/mol. The first-order valence-corrected chi connectivity index (χ1v) is 22.1. The van der Waals surface area contributed by atoms with Crippen molar-refractivity contribution >= 4 is 40.3 Å². The lowest BCUT2D eigenvalue weighted by atomic mass is 9.88. The van der Waals surface area contributed by atoms with Crippen molar-refractivity contribution in [2.24, 2.45) is 17.8 Å². The molecular formula is C48H70N4O8. The fourth-order valence-electron chi connectivity index (χ4n) is 7.69. The third kappa shape index (κ3) is 15.2. The molecule has 1 heterocycles. The van der Waals surface area contributed by atoms with E-state index in [9.17, 15) is 24.3 Å². The van der Waals surface area contributed by atoms with Gasteiger partial charge < -0.3 is 35.3 Å². The average molecular weight is 831 g/mol. The number of fused-ring (bicyclic) bond motifs is 1. The first kappa shape index (κ1) is 48.1. The summed E-state index contributed by atoms with van der Waals surface area (Å²) in [5.74, 6) is -1.36. The van der Waals surface area contributed by atoms with Gasteiger partial charge in [-0.3, -0.25) is 19.3 Å². The molecule has 0 saturated carbocycles. The Bertz CT molecular complexity index is 1780. The number of benzene rings is 3. The van der Waals surface area contributed by atoms with E-state index in [0.717, 1.165) is 42.0 Å². The zero-order valence-corrected chi connectivity index (χ0v) is 36.9. The molecule has 3 unspecified atom stereocenters. The number of nitrogens with one attached hydrogen (secondary N) is 3. The van der Waals surface area contributed by atoms with Crippen molar-refractivity contribution in [1.82, 2.24) is 16.0 Å². The number of alkyl carbamates (subject to hydrolysis) is 1. The number of hydrogen-bond donors (Lipinski definition) is 4. The van der Waals surface area contributed by atoms with Gasteiger partial charge in [-0.15, -0.1) is 0 Å². The number of nitrogens with zero attached hydrogens (tertiary/aromatic N) is 1. The van der Waals surface area contributed by atoms with E-state index in [-0.39, 0.29) is 43.2 Å². The third-order valence-corrected chi connectivity index (χ3v) is 10.9. The number of anilines is 1. The number of unbranched alkanes of at least 4 members (excludes halogenated alkanes) is 1. The normalized spacial score (nSPS) is 17.3. The molecule has 0 spiro atoms. The molecule has 3 aromatic rings.